The highest BCUT2D eigenvalue weighted by atomic mass is 32.2. The third-order valence-corrected chi connectivity index (χ3v) is 6.61. The van der Waals surface area contributed by atoms with Gasteiger partial charge >= 0.3 is 0 Å². The molecular formula is C25H23N5O3S. The number of para-hydroxylation sites is 1. The summed E-state index contributed by atoms with van der Waals surface area (Å²) in [5.41, 5.74) is 2.09. The minimum absolute atomic E-state index is 0.0455. The van der Waals surface area contributed by atoms with Crippen molar-refractivity contribution in [1.29, 1.82) is 5.41 Å². The van der Waals surface area contributed by atoms with E-state index in [-0.39, 0.29) is 11.4 Å². The number of amides is 1. The standard InChI is InChI=1S/C25H23N5O3S/c1-3-22-28-30-23(26)20(24(31)27-25(30)34-22)13-16-15-29(21-10-5-4-9-19(16)21)11-12-33-18-8-6-7-17(14-18)32-2/h4-10,13-15,26H,3,11-12H2,1-2H3. The van der Waals surface area contributed by atoms with Crippen molar-refractivity contribution >= 4 is 50.7 Å². The second kappa shape index (κ2) is 9.18. The summed E-state index contributed by atoms with van der Waals surface area (Å²) in [5.74, 6) is 1.11. The lowest BCUT2D eigenvalue weighted by atomic mass is 10.1. The molecule has 2 aliphatic rings. The first kappa shape index (κ1) is 22.0. The molecule has 2 aliphatic heterocycles. The summed E-state index contributed by atoms with van der Waals surface area (Å²) in [6, 6.07) is 15.5. The summed E-state index contributed by atoms with van der Waals surface area (Å²) in [7, 11) is 1.63. The van der Waals surface area contributed by atoms with Gasteiger partial charge in [-0.2, -0.15) is 15.1 Å². The van der Waals surface area contributed by atoms with Gasteiger partial charge in [0.1, 0.15) is 23.1 Å². The van der Waals surface area contributed by atoms with Crippen LogP contribution in [-0.2, 0) is 11.3 Å². The van der Waals surface area contributed by atoms with Crippen molar-refractivity contribution < 1.29 is 14.3 Å². The molecule has 2 aromatic carbocycles. The molecule has 5 rings (SSSR count). The fourth-order valence-electron chi connectivity index (χ4n) is 3.86. The number of fused-ring (bicyclic) bond motifs is 2. The number of methoxy groups -OCH3 is 1. The lowest BCUT2D eigenvalue weighted by molar-refractivity contribution is -0.114. The van der Waals surface area contributed by atoms with Crippen LogP contribution in [0, 0.1) is 5.41 Å². The number of rotatable bonds is 7. The van der Waals surface area contributed by atoms with Gasteiger partial charge in [0.25, 0.3) is 5.91 Å². The van der Waals surface area contributed by atoms with E-state index in [0.717, 1.165) is 39.4 Å². The van der Waals surface area contributed by atoms with Crippen LogP contribution in [-0.4, -0.2) is 45.2 Å². The molecule has 1 aromatic heterocycles. The molecular weight excluding hydrogens is 450 g/mol. The van der Waals surface area contributed by atoms with Crippen LogP contribution in [0.4, 0.5) is 0 Å². The lowest BCUT2D eigenvalue weighted by Crippen LogP contribution is -2.35. The van der Waals surface area contributed by atoms with Gasteiger partial charge in [-0.05, 0) is 42.5 Å². The molecule has 0 fully saturated rings. The molecule has 34 heavy (non-hydrogen) atoms. The highest BCUT2D eigenvalue weighted by Crippen LogP contribution is 2.31. The predicted octanol–water partition coefficient (Wildman–Crippen LogP) is 4.76. The number of hydrazone groups is 1. The summed E-state index contributed by atoms with van der Waals surface area (Å²) in [4.78, 5) is 16.9. The first-order chi connectivity index (χ1) is 16.6. The van der Waals surface area contributed by atoms with Crippen molar-refractivity contribution in [2.24, 2.45) is 10.1 Å². The van der Waals surface area contributed by atoms with E-state index in [9.17, 15) is 4.79 Å². The number of nitrogens with zero attached hydrogens (tertiary/aromatic N) is 4. The molecule has 0 saturated carbocycles. The summed E-state index contributed by atoms with van der Waals surface area (Å²) < 4.78 is 13.3. The average molecular weight is 474 g/mol. The molecule has 3 aromatic rings. The van der Waals surface area contributed by atoms with Crippen molar-refractivity contribution in [3.8, 4) is 11.5 Å². The Balaban J connectivity index is 1.41. The Morgan fingerprint density at radius 2 is 1.97 bits per heavy atom. The number of nitrogens with one attached hydrogen (secondary N) is 1. The van der Waals surface area contributed by atoms with E-state index >= 15 is 0 Å². The zero-order valence-corrected chi connectivity index (χ0v) is 19.6. The van der Waals surface area contributed by atoms with E-state index in [1.165, 1.54) is 16.8 Å². The normalized spacial score (nSPS) is 16.6. The number of ether oxygens (including phenoxy) is 2. The van der Waals surface area contributed by atoms with Crippen molar-refractivity contribution in [2.75, 3.05) is 13.7 Å². The Morgan fingerprint density at radius 1 is 1.15 bits per heavy atom. The lowest BCUT2D eigenvalue weighted by Gasteiger charge is -2.20. The molecule has 0 radical (unpaired) electrons. The maximum atomic E-state index is 12.7. The summed E-state index contributed by atoms with van der Waals surface area (Å²) >= 11 is 1.34. The van der Waals surface area contributed by atoms with Crippen molar-refractivity contribution in [2.45, 2.75) is 19.9 Å². The van der Waals surface area contributed by atoms with Crippen LogP contribution in [0.5, 0.6) is 11.5 Å². The number of aromatic nitrogens is 1. The summed E-state index contributed by atoms with van der Waals surface area (Å²) in [6.45, 7) is 3.06. The number of hydrogen-bond acceptors (Lipinski definition) is 6. The van der Waals surface area contributed by atoms with Gasteiger partial charge in [-0.15, -0.1) is 0 Å². The Kier molecular flexibility index (Phi) is 5.93. The first-order valence-corrected chi connectivity index (χ1v) is 11.7. The topological polar surface area (TPSA) is 92.3 Å². The molecule has 1 amide bonds. The molecule has 3 heterocycles. The number of carbonyl (C=O) groups excluding carboxylic acids is 1. The third kappa shape index (κ3) is 4.10. The highest BCUT2D eigenvalue weighted by Gasteiger charge is 2.35. The highest BCUT2D eigenvalue weighted by molar-refractivity contribution is 8.26. The van der Waals surface area contributed by atoms with E-state index in [1.807, 2.05) is 61.7 Å². The Hall–Kier alpha value is -3.85. The van der Waals surface area contributed by atoms with Crippen molar-refractivity contribution in [3.05, 3.63) is 65.9 Å². The van der Waals surface area contributed by atoms with Crippen molar-refractivity contribution in [3.63, 3.8) is 0 Å². The minimum atomic E-state index is -0.422. The monoisotopic (exact) mass is 473 g/mol. The van der Waals surface area contributed by atoms with Crippen LogP contribution in [0.25, 0.3) is 17.0 Å². The SMILES string of the molecule is CCC1=NN2C(=N)C(=Cc3cn(CCOc4cccc(OC)c4)c4ccccc34)C(=O)N=C2S1. The van der Waals surface area contributed by atoms with Crippen LogP contribution in [0.3, 0.4) is 0 Å². The maximum absolute atomic E-state index is 12.7. The van der Waals surface area contributed by atoms with Gasteiger partial charge < -0.3 is 14.0 Å². The zero-order valence-electron chi connectivity index (χ0n) is 18.8. The molecule has 1 N–H and O–H groups in total. The Bertz CT molecular complexity index is 1390. The van der Waals surface area contributed by atoms with Crippen LogP contribution in [0.2, 0.25) is 0 Å². The second-order valence-electron chi connectivity index (χ2n) is 7.69. The summed E-state index contributed by atoms with van der Waals surface area (Å²) in [6.07, 6.45) is 4.44. The Morgan fingerprint density at radius 3 is 2.79 bits per heavy atom. The van der Waals surface area contributed by atoms with Gasteiger partial charge in [-0.25, -0.2) is 0 Å². The first-order valence-electron chi connectivity index (χ1n) is 10.9. The predicted molar refractivity (Wildman–Crippen MR) is 136 cm³/mol. The number of amidine groups is 2. The van der Waals surface area contributed by atoms with Crippen LogP contribution < -0.4 is 9.47 Å². The number of aliphatic imine (C=N–C) groups is 1. The fourth-order valence-corrected chi connectivity index (χ4v) is 4.68. The van der Waals surface area contributed by atoms with E-state index in [4.69, 9.17) is 14.9 Å². The van der Waals surface area contributed by atoms with E-state index < -0.39 is 5.91 Å². The van der Waals surface area contributed by atoms with Gasteiger partial charge in [-0.3, -0.25) is 10.2 Å². The van der Waals surface area contributed by atoms with Crippen LogP contribution >= 0.6 is 11.8 Å². The average Bonchev–Trinajstić information content (AvgIpc) is 3.43. The smallest absolute Gasteiger partial charge is 0.283 e. The molecule has 0 aliphatic carbocycles. The second-order valence-corrected chi connectivity index (χ2v) is 8.73. The zero-order chi connectivity index (χ0) is 23.7. The molecule has 0 saturated heterocycles. The largest absolute Gasteiger partial charge is 0.497 e. The van der Waals surface area contributed by atoms with Gasteiger partial charge in [0.15, 0.2) is 5.84 Å². The van der Waals surface area contributed by atoms with Gasteiger partial charge in [0.05, 0.1) is 19.2 Å². The minimum Gasteiger partial charge on any atom is -0.497 e. The molecule has 0 bridgehead atoms. The van der Waals surface area contributed by atoms with E-state index in [2.05, 4.69) is 14.7 Å². The van der Waals surface area contributed by atoms with E-state index in [0.29, 0.717) is 18.3 Å². The van der Waals surface area contributed by atoms with Gasteiger partial charge in [0, 0.05) is 28.7 Å². The van der Waals surface area contributed by atoms with Crippen LogP contribution in [0.1, 0.15) is 18.9 Å². The Labute approximate surface area is 201 Å². The van der Waals surface area contributed by atoms with Crippen LogP contribution in [0.15, 0.2) is 70.4 Å². The van der Waals surface area contributed by atoms with Gasteiger partial charge in [-0.1, -0.05) is 31.2 Å². The number of carbonyl (C=O) groups is 1. The van der Waals surface area contributed by atoms with Gasteiger partial charge in [0.2, 0.25) is 5.17 Å². The number of thioether (sulfide) groups is 1. The molecule has 0 unspecified atom stereocenters. The molecule has 9 heteroatoms. The fraction of sp³-hybridized carbons (Fsp3) is 0.200. The molecule has 8 nitrogen and oxygen atoms in total. The quantitative estimate of drug-likeness (QED) is 0.500. The third-order valence-electron chi connectivity index (χ3n) is 5.56. The number of hydrogen-bond donors (Lipinski definition) is 1. The number of benzene rings is 2. The van der Waals surface area contributed by atoms with E-state index in [1.54, 1.807) is 13.2 Å². The van der Waals surface area contributed by atoms with Crippen molar-refractivity contribution in [1.82, 2.24) is 9.58 Å². The molecule has 0 atom stereocenters. The molecule has 172 valence electrons. The maximum Gasteiger partial charge on any atom is 0.283 e. The molecule has 0 spiro atoms. The summed E-state index contributed by atoms with van der Waals surface area (Å²) in [5, 5.41) is 16.7.